The van der Waals surface area contributed by atoms with E-state index in [9.17, 15) is 4.79 Å². The van der Waals surface area contributed by atoms with Gasteiger partial charge in [-0.05, 0) is 50.0 Å². The number of methoxy groups -OCH3 is 2. The van der Waals surface area contributed by atoms with Gasteiger partial charge in [-0.1, -0.05) is 12.1 Å². The monoisotopic (exact) mass is 320 g/mol. The number of amides is 1. The summed E-state index contributed by atoms with van der Waals surface area (Å²) in [6, 6.07) is 8.03. The zero-order valence-corrected chi connectivity index (χ0v) is 14.4. The molecule has 0 aromatic heterocycles. The minimum atomic E-state index is 0.134. The van der Waals surface area contributed by atoms with Crippen LogP contribution in [0.3, 0.4) is 0 Å². The lowest BCUT2D eigenvalue weighted by Crippen LogP contribution is -2.30. The van der Waals surface area contributed by atoms with Crippen LogP contribution in [0.25, 0.3) is 0 Å². The van der Waals surface area contributed by atoms with Gasteiger partial charge in [-0.15, -0.1) is 0 Å². The summed E-state index contributed by atoms with van der Waals surface area (Å²) in [6.45, 7) is 3.37. The van der Waals surface area contributed by atoms with Gasteiger partial charge < -0.3 is 19.7 Å². The van der Waals surface area contributed by atoms with Gasteiger partial charge in [-0.2, -0.15) is 0 Å². The van der Waals surface area contributed by atoms with Crippen LogP contribution in [0, 0.1) is 5.92 Å². The van der Waals surface area contributed by atoms with Crippen molar-refractivity contribution in [1.82, 2.24) is 10.2 Å². The zero-order chi connectivity index (χ0) is 16.7. The van der Waals surface area contributed by atoms with E-state index in [0.717, 1.165) is 44.8 Å². The molecule has 0 heterocycles. The molecule has 1 aliphatic carbocycles. The molecule has 128 valence electrons. The van der Waals surface area contributed by atoms with Crippen LogP contribution < -0.4 is 10.1 Å². The molecule has 2 atom stereocenters. The molecule has 1 aromatic rings. The van der Waals surface area contributed by atoms with Gasteiger partial charge in [0.15, 0.2) is 0 Å². The maximum atomic E-state index is 12.2. The molecule has 0 spiro atoms. The van der Waals surface area contributed by atoms with E-state index in [1.54, 1.807) is 14.2 Å². The molecular weight excluding hydrogens is 292 g/mol. The van der Waals surface area contributed by atoms with Crippen LogP contribution in [0.15, 0.2) is 24.3 Å². The van der Waals surface area contributed by atoms with E-state index in [2.05, 4.69) is 29.4 Å². The SMILES string of the molecule is COCCN(C)CCCNC(=O)C1CC1c1ccc(OC)cc1. The van der Waals surface area contributed by atoms with Crippen molar-refractivity contribution in [1.29, 1.82) is 0 Å². The molecule has 1 saturated carbocycles. The van der Waals surface area contributed by atoms with Gasteiger partial charge >= 0.3 is 0 Å². The third kappa shape index (κ3) is 5.52. The fourth-order valence-corrected chi connectivity index (χ4v) is 2.75. The molecule has 23 heavy (non-hydrogen) atoms. The normalized spacial score (nSPS) is 19.7. The number of likely N-dealkylation sites (N-methyl/N-ethyl adjacent to an activating group) is 1. The van der Waals surface area contributed by atoms with Crippen molar-refractivity contribution in [3.05, 3.63) is 29.8 Å². The molecule has 0 saturated heterocycles. The number of benzene rings is 1. The standard InChI is InChI=1S/C18H28N2O3/c1-20(11-12-22-2)10-4-9-19-18(21)17-13-16(17)14-5-7-15(23-3)8-6-14/h5-8,16-17H,4,9-13H2,1-3H3,(H,19,21). The van der Waals surface area contributed by atoms with Crippen LogP contribution in [0.2, 0.25) is 0 Å². The predicted octanol–water partition coefficient (Wildman–Crippen LogP) is 1.88. The van der Waals surface area contributed by atoms with Crippen molar-refractivity contribution < 1.29 is 14.3 Å². The molecule has 0 aliphatic heterocycles. The zero-order valence-electron chi connectivity index (χ0n) is 14.4. The minimum absolute atomic E-state index is 0.134. The summed E-state index contributed by atoms with van der Waals surface area (Å²) in [5.74, 6) is 1.54. The van der Waals surface area contributed by atoms with Crippen LogP contribution in [0.4, 0.5) is 0 Å². The number of carbonyl (C=O) groups is 1. The topological polar surface area (TPSA) is 50.8 Å². The second-order valence-electron chi connectivity index (χ2n) is 6.16. The fraction of sp³-hybridized carbons (Fsp3) is 0.611. The Labute approximate surface area is 139 Å². The Morgan fingerprint density at radius 1 is 1.26 bits per heavy atom. The first kappa shape index (κ1) is 17.8. The average Bonchev–Trinajstić information content (AvgIpc) is 3.37. The number of hydrogen-bond donors (Lipinski definition) is 1. The number of ether oxygens (including phenoxy) is 2. The Balaban J connectivity index is 1.63. The molecule has 2 rings (SSSR count). The van der Waals surface area contributed by atoms with Gasteiger partial charge in [-0.25, -0.2) is 0 Å². The molecule has 0 bridgehead atoms. The van der Waals surface area contributed by atoms with Crippen LogP contribution in [-0.2, 0) is 9.53 Å². The molecule has 0 radical (unpaired) electrons. The third-order valence-electron chi connectivity index (χ3n) is 4.36. The second-order valence-corrected chi connectivity index (χ2v) is 6.16. The first-order valence-corrected chi connectivity index (χ1v) is 8.25. The Kier molecular flexibility index (Phi) is 6.86. The van der Waals surface area contributed by atoms with Crippen molar-refractivity contribution in [3.8, 4) is 5.75 Å². The largest absolute Gasteiger partial charge is 0.497 e. The highest BCUT2D eigenvalue weighted by atomic mass is 16.5. The van der Waals surface area contributed by atoms with Crippen LogP contribution >= 0.6 is 0 Å². The van der Waals surface area contributed by atoms with Gasteiger partial charge in [0, 0.05) is 26.1 Å². The predicted molar refractivity (Wildman–Crippen MR) is 90.8 cm³/mol. The lowest BCUT2D eigenvalue weighted by atomic mass is 10.1. The van der Waals surface area contributed by atoms with E-state index in [-0.39, 0.29) is 11.8 Å². The van der Waals surface area contributed by atoms with Crippen LogP contribution in [0.1, 0.15) is 24.3 Å². The summed E-state index contributed by atoms with van der Waals surface area (Å²) >= 11 is 0. The van der Waals surface area contributed by atoms with E-state index in [4.69, 9.17) is 9.47 Å². The Morgan fingerprint density at radius 3 is 2.65 bits per heavy atom. The van der Waals surface area contributed by atoms with Gasteiger partial charge in [-0.3, -0.25) is 4.79 Å². The van der Waals surface area contributed by atoms with Crippen molar-refractivity contribution in [2.45, 2.75) is 18.8 Å². The lowest BCUT2D eigenvalue weighted by molar-refractivity contribution is -0.122. The molecule has 1 fully saturated rings. The summed E-state index contributed by atoms with van der Waals surface area (Å²) in [4.78, 5) is 14.4. The van der Waals surface area contributed by atoms with Crippen LogP contribution in [0.5, 0.6) is 5.75 Å². The summed E-state index contributed by atoms with van der Waals surface area (Å²) in [7, 11) is 5.44. The van der Waals surface area contributed by atoms with E-state index >= 15 is 0 Å². The molecular formula is C18H28N2O3. The van der Waals surface area contributed by atoms with Gasteiger partial charge in [0.25, 0.3) is 0 Å². The average molecular weight is 320 g/mol. The smallest absolute Gasteiger partial charge is 0.223 e. The maximum absolute atomic E-state index is 12.2. The minimum Gasteiger partial charge on any atom is -0.497 e. The number of rotatable bonds is 10. The second kappa shape index (κ2) is 8.89. The summed E-state index contributed by atoms with van der Waals surface area (Å²) < 4.78 is 10.2. The molecule has 1 aromatic carbocycles. The summed E-state index contributed by atoms with van der Waals surface area (Å²) in [5.41, 5.74) is 1.23. The number of carbonyl (C=O) groups excluding carboxylic acids is 1. The Bertz CT molecular complexity index is 490. The van der Waals surface area contributed by atoms with Crippen molar-refractivity contribution in [3.63, 3.8) is 0 Å². The highest BCUT2D eigenvalue weighted by Gasteiger charge is 2.43. The van der Waals surface area contributed by atoms with Crippen LogP contribution in [-0.4, -0.2) is 58.3 Å². The highest BCUT2D eigenvalue weighted by Crippen LogP contribution is 2.47. The number of hydrogen-bond acceptors (Lipinski definition) is 4. The fourth-order valence-electron chi connectivity index (χ4n) is 2.75. The van der Waals surface area contributed by atoms with Crippen molar-refractivity contribution in [2.24, 2.45) is 5.92 Å². The molecule has 5 heteroatoms. The first-order chi connectivity index (χ1) is 11.2. The summed E-state index contributed by atoms with van der Waals surface area (Å²) in [5, 5.41) is 3.06. The first-order valence-electron chi connectivity index (χ1n) is 8.25. The highest BCUT2D eigenvalue weighted by molar-refractivity contribution is 5.82. The third-order valence-corrected chi connectivity index (χ3v) is 4.36. The van der Waals surface area contributed by atoms with Crippen molar-refractivity contribution in [2.75, 3.05) is 47.5 Å². The van der Waals surface area contributed by atoms with Crippen molar-refractivity contribution >= 4 is 5.91 Å². The lowest BCUT2D eigenvalue weighted by Gasteiger charge is -2.15. The molecule has 1 N–H and O–H groups in total. The molecule has 1 aliphatic rings. The van der Waals surface area contributed by atoms with E-state index in [0.29, 0.717) is 5.92 Å². The number of nitrogens with one attached hydrogen (secondary N) is 1. The quantitative estimate of drug-likeness (QED) is 0.669. The van der Waals surface area contributed by atoms with Gasteiger partial charge in [0.2, 0.25) is 5.91 Å². The molecule has 1 amide bonds. The Morgan fingerprint density at radius 2 is 2.00 bits per heavy atom. The molecule has 5 nitrogen and oxygen atoms in total. The molecule has 2 unspecified atom stereocenters. The Hall–Kier alpha value is -1.59. The van der Waals surface area contributed by atoms with Gasteiger partial charge in [0.1, 0.15) is 5.75 Å². The maximum Gasteiger partial charge on any atom is 0.223 e. The van der Waals surface area contributed by atoms with E-state index in [1.807, 2.05) is 12.1 Å². The van der Waals surface area contributed by atoms with E-state index in [1.165, 1.54) is 5.56 Å². The van der Waals surface area contributed by atoms with Gasteiger partial charge in [0.05, 0.1) is 13.7 Å². The number of nitrogens with zero attached hydrogens (tertiary/aromatic N) is 1. The van der Waals surface area contributed by atoms with E-state index < -0.39 is 0 Å². The summed E-state index contributed by atoms with van der Waals surface area (Å²) in [6.07, 6.45) is 1.91.